The first kappa shape index (κ1) is 12.9. The summed E-state index contributed by atoms with van der Waals surface area (Å²) >= 11 is 3.14. The molecule has 6 heteroatoms. The van der Waals surface area contributed by atoms with Gasteiger partial charge >= 0.3 is 0 Å². The molecule has 4 N–H and O–H groups in total. The van der Waals surface area contributed by atoms with Gasteiger partial charge in [0.25, 0.3) is 0 Å². The minimum absolute atomic E-state index is 0.162. The van der Waals surface area contributed by atoms with E-state index in [-0.39, 0.29) is 11.7 Å². The lowest BCUT2D eigenvalue weighted by atomic mass is 10.1. The average Bonchev–Trinajstić information content (AvgIpc) is 2.60. The molecule has 18 heavy (non-hydrogen) atoms. The molecule has 0 saturated carbocycles. The molecular weight excluding hydrogens is 299 g/mol. The van der Waals surface area contributed by atoms with Crippen molar-refractivity contribution in [3.8, 4) is 11.3 Å². The summed E-state index contributed by atoms with van der Waals surface area (Å²) < 4.78 is 14.9. The Bertz CT molecular complexity index is 592. The summed E-state index contributed by atoms with van der Waals surface area (Å²) in [4.78, 5) is 4.42. The largest absolute Gasteiger partial charge is 0.382 e. The molecule has 0 bridgehead atoms. The van der Waals surface area contributed by atoms with E-state index in [1.165, 1.54) is 10.7 Å². The van der Waals surface area contributed by atoms with E-state index in [4.69, 9.17) is 11.6 Å². The Morgan fingerprint density at radius 2 is 2.06 bits per heavy atom. The molecule has 1 aromatic carbocycles. The normalized spacial score (nSPS) is 11.2. The van der Waals surface area contributed by atoms with Gasteiger partial charge in [-0.2, -0.15) is 0 Å². The standard InChI is InChI=1S/C12H14BrFN4/c1-6(2)12-17-10(11(15)18(12)16)7-3-4-9(14)8(13)5-7/h3-6H,15-16H2,1-2H3. The molecule has 1 heterocycles. The molecule has 4 nitrogen and oxygen atoms in total. The molecule has 2 rings (SSSR count). The first-order valence-corrected chi connectivity index (χ1v) is 6.29. The number of benzene rings is 1. The molecule has 96 valence electrons. The first-order valence-electron chi connectivity index (χ1n) is 5.50. The summed E-state index contributed by atoms with van der Waals surface area (Å²) in [6.45, 7) is 3.96. The van der Waals surface area contributed by atoms with Crippen LogP contribution in [0.25, 0.3) is 11.3 Å². The Labute approximate surface area is 113 Å². The van der Waals surface area contributed by atoms with E-state index in [2.05, 4.69) is 20.9 Å². The van der Waals surface area contributed by atoms with Crippen LogP contribution < -0.4 is 11.6 Å². The second-order valence-corrected chi connectivity index (χ2v) is 5.21. The van der Waals surface area contributed by atoms with E-state index in [1.807, 2.05) is 13.8 Å². The van der Waals surface area contributed by atoms with E-state index < -0.39 is 0 Å². The van der Waals surface area contributed by atoms with Crippen LogP contribution in [0.3, 0.4) is 0 Å². The maximum atomic E-state index is 13.2. The molecule has 2 aromatic rings. The highest BCUT2D eigenvalue weighted by atomic mass is 79.9. The molecule has 0 radical (unpaired) electrons. The van der Waals surface area contributed by atoms with Crippen LogP contribution in [0.2, 0.25) is 0 Å². The maximum Gasteiger partial charge on any atom is 0.150 e. The predicted molar refractivity (Wildman–Crippen MR) is 74.0 cm³/mol. The molecule has 1 aromatic heterocycles. The quantitative estimate of drug-likeness (QED) is 0.838. The maximum absolute atomic E-state index is 13.2. The minimum Gasteiger partial charge on any atom is -0.382 e. The van der Waals surface area contributed by atoms with Crippen molar-refractivity contribution in [3.63, 3.8) is 0 Å². The Kier molecular flexibility index (Phi) is 3.30. The zero-order valence-electron chi connectivity index (χ0n) is 10.1. The van der Waals surface area contributed by atoms with Crippen molar-refractivity contribution in [2.45, 2.75) is 19.8 Å². The van der Waals surface area contributed by atoms with Crippen LogP contribution >= 0.6 is 15.9 Å². The van der Waals surface area contributed by atoms with E-state index >= 15 is 0 Å². The van der Waals surface area contributed by atoms with Crippen LogP contribution in [-0.4, -0.2) is 9.66 Å². The van der Waals surface area contributed by atoms with Crippen molar-refractivity contribution in [2.75, 3.05) is 11.6 Å². The van der Waals surface area contributed by atoms with Crippen LogP contribution in [0.5, 0.6) is 0 Å². The van der Waals surface area contributed by atoms with Crippen molar-refractivity contribution in [2.24, 2.45) is 0 Å². The van der Waals surface area contributed by atoms with E-state index in [1.54, 1.807) is 12.1 Å². The Balaban J connectivity index is 2.57. The van der Waals surface area contributed by atoms with Gasteiger partial charge in [0.05, 0.1) is 4.47 Å². The van der Waals surface area contributed by atoms with E-state index in [0.29, 0.717) is 21.8 Å². The van der Waals surface area contributed by atoms with Gasteiger partial charge in [-0.15, -0.1) is 0 Å². The number of nitrogen functional groups attached to an aromatic ring is 2. The third-order valence-corrected chi connectivity index (χ3v) is 3.29. The molecule has 0 aliphatic carbocycles. The number of halogens is 2. The second-order valence-electron chi connectivity index (χ2n) is 4.36. The Morgan fingerprint density at radius 3 is 2.56 bits per heavy atom. The predicted octanol–water partition coefficient (Wildman–Crippen LogP) is 2.87. The number of hydrogen-bond donors (Lipinski definition) is 2. The number of rotatable bonds is 2. The third-order valence-electron chi connectivity index (χ3n) is 2.68. The summed E-state index contributed by atoms with van der Waals surface area (Å²) in [6.07, 6.45) is 0. The van der Waals surface area contributed by atoms with Crippen molar-refractivity contribution in [1.29, 1.82) is 0 Å². The van der Waals surface area contributed by atoms with Gasteiger partial charge in [-0.3, -0.25) is 0 Å². The van der Waals surface area contributed by atoms with Gasteiger partial charge in [-0.25, -0.2) is 14.1 Å². The molecule has 0 atom stereocenters. The van der Waals surface area contributed by atoms with Crippen molar-refractivity contribution in [1.82, 2.24) is 9.66 Å². The fourth-order valence-corrected chi connectivity index (χ4v) is 2.11. The average molecular weight is 313 g/mol. The van der Waals surface area contributed by atoms with Gasteiger partial charge < -0.3 is 11.6 Å². The Morgan fingerprint density at radius 1 is 1.39 bits per heavy atom. The Hall–Kier alpha value is -1.56. The van der Waals surface area contributed by atoms with Crippen LogP contribution in [-0.2, 0) is 0 Å². The molecule has 0 saturated heterocycles. The van der Waals surface area contributed by atoms with Gasteiger partial charge in [0.2, 0.25) is 0 Å². The molecule has 0 fully saturated rings. The monoisotopic (exact) mass is 312 g/mol. The van der Waals surface area contributed by atoms with Crippen molar-refractivity contribution < 1.29 is 4.39 Å². The molecule has 0 amide bonds. The van der Waals surface area contributed by atoms with Crippen molar-refractivity contribution in [3.05, 3.63) is 34.3 Å². The summed E-state index contributed by atoms with van der Waals surface area (Å²) in [5.41, 5.74) is 7.23. The zero-order chi connectivity index (χ0) is 13.4. The number of nitrogens with two attached hydrogens (primary N) is 2. The molecule has 0 aliphatic heterocycles. The molecule has 0 spiro atoms. The van der Waals surface area contributed by atoms with Crippen LogP contribution in [0, 0.1) is 5.82 Å². The van der Waals surface area contributed by atoms with E-state index in [9.17, 15) is 4.39 Å². The SMILES string of the molecule is CC(C)c1nc(-c2ccc(F)c(Br)c2)c(N)n1N. The summed E-state index contributed by atoms with van der Waals surface area (Å²) in [5, 5.41) is 0. The number of hydrogen-bond acceptors (Lipinski definition) is 3. The number of aromatic nitrogens is 2. The number of anilines is 1. The van der Waals surface area contributed by atoms with Crippen LogP contribution in [0.15, 0.2) is 22.7 Å². The fraction of sp³-hybridized carbons (Fsp3) is 0.250. The lowest BCUT2D eigenvalue weighted by Crippen LogP contribution is -2.16. The first-order chi connectivity index (χ1) is 8.41. The summed E-state index contributed by atoms with van der Waals surface area (Å²) in [7, 11) is 0. The van der Waals surface area contributed by atoms with Gasteiger partial charge in [-0.1, -0.05) is 13.8 Å². The summed E-state index contributed by atoms with van der Waals surface area (Å²) in [5.74, 6) is 6.76. The highest BCUT2D eigenvalue weighted by Gasteiger charge is 2.17. The third kappa shape index (κ3) is 2.08. The molecular formula is C12H14BrFN4. The summed E-state index contributed by atoms with van der Waals surface area (Å²) in [6, 6.07) is 4.63. The van der Waals surface area contributed by atoms with Gasteiger partial charge in [0.15, 0.2) is 5.82 Å². The highest BCUT2D eigenvalue weighted by Crippen LogP contribution is 2.30. The molecule has 0 unspecified atom stereocenters. The van der Waals surface area contributed by atoms with Crippen LogP contribution in [0.1, 0.15) is 25.6 Å². The van der Waals surface area contributed by atoms with Crippen molar-refractivity contribution >= 4 is 21.7 Å². The second kappa shape index (κ2) is 4.61. The van der Waals surface area contributed by atoms with Gasteiger partial charge in [0, 0.05) is 11.5 Å². The fourth-order valence-electron chi connectivity index (χ4n) is 1.73. The van der Waals surface area contributed by atoms with Crippen LogP contribution in [0.4, 0.5) is 10.2 Å². The highest BCUT2D eigenvalue weighted by molar-refractivity contribution is 9.10. The lowest BCUT2D eigenvalue weighted by molar-refractivity contribution is 0.621. The lowest BCUT2D eigenvalue weighted by Gasteiger charge is -2.04. The number of nitrogens with zero attached hydrogens (tertiary/aromatic N) is 2. The number of imidazole rings is 1. The zero-order valence-corrected chi connectivity index (χ0v) is 11.7. The van der Waals surface area contributed by atoms with Gasteiger partial charge in [-0.05, 0) is 34.1 Å². The molecule has 0 aliphatic rings. The van der Waals surface area contributed by atoms with E-state index in [0.717, 1.165) is 5.56 Å². The topological polar surface area (TPSA) is 69.9 Å². The minimum atomic E-state index is -0.325. The van der Waals surface area contributed by atoms with Gasteiger partial charge in [0.1, 0.15) is 17.3 Å². The smallest absolute Gasteiger partial charge is 0.150 e.